The molecular weight excluding hydrogens is 410 g/mol. The molecule has 4 nitrogen and oxygen atoms in total. The number of halogens is 1. The highest BCUT2D eigenvalue weighted by Crippen LogP contribution is 2.45. The lowest BCUT2D eigenvalue weighted by molar-refractivity contribution is -0.143. The quantitative estimate of drug-likeness (QED) is 0.630. The van der Waals surface area contributed by atoms with Crippen LogP contribution in [0.5, 0.6) is 0 Å². The minimum Gasteiger partial charge on any atom is -0.460 e. The molecule has 2 aliphatic rings. The number of esters is 1. The zero-order chi connectivity index (χ0) is 22.1. The molecule has 0 saturated carbocycles. The number of hydrogen-bond donors (Lipinski definition) is 1. The van der Waals surface area contributed by atoms with E-state index in [0.717, 1.165) is 28.9 Å². The van der Waals surface area contributed by atoms with E-state index in [2.05, 4.69) is 17.4 Å². The van der Waals surface area contributed by atoms with E-state index in [9.17, 15) is 9.59 Å². The van der Waals surface area contributed by atoms with Crippen molar-refractivity contribution in [1.82, 2.24) is 5.32 Å². The number of Topliss-reactive ketones (excluding diaryl/α,β-unsaturated/α-hetero) is 1. The Kier molecular flexibility index (Phi) is 6.01. The van der Waals surface area contributed by atoms with Crippen LogP contribution in [-0.2, 0) is 14.3 Å². The highest BCUT2D eigenvalue weighted by atomic mass is 35.5. The van der Waals surface area contributed by atoms with E-state index in [-0.39, 0.29) is 17.8 Å². The molecular formula is C26H26ClNO3. The van der Waals surface area contributed by atoms with Crippen molar-refractivity contribution in [2.45, 2.75) is 51.6 Å². The van der Waals surface area contributed by atoms with E-state index >= 15 is 0 Å². The summed E-state index contributed by atoms with van der Waals surface area (Å²) in [4.78, 5) is 26.5. The summed E-state index contributed by atoms with van der Waals surface area (Å²) in [5, 5.41) is 3.98. The van der Waals surface area contributed by atoms with Crippen LogP contribution < -0.4 is 5.32 Å². The summed E-state index contributed by atoms with van der Waals surface area (Å²) in [5.41, 5.74) is 4.78. The van der Waals surface area contributed by atoms with Crippen LogP contribution in [-0.4, -0.2) is 17.9 Å². The van der Waals surface area contributed by atoms with E-state index < -0.39 is 11.9 Å². The van der Waals surface area contributed by atoms with Crippen molar-refractivity contribution in [3.63, 3.8) is 0 Å². The average Bonchev–Trinajstić information content (AvgIpc) is 2.73. The van der Waals surface area contributed by atoms with Crippen molar-refractivity contribution in [1.29, 1.82) is 0 Å². The molecule has 2 aromatic carbocycles. The second kappa shape index (κ2) is 8.72. The highest BCUT2D eigenvalue weighted by molar-refractivity contribution is 6.30. The topological polar surface area (TPSA) is 55.4 Å². The Morgan fingerprint density at radius 3 is 2.35 bits per heavy atom. The summed E-state index contributed by atoms with van der Waals surface area (Å²) < 4.78 is 5.54. The Labute approximate surface area is 187 Å². The molecule has 5 heteroatoms. The molecule has 0 fully saturated rings. The molecule has 2 aromatic rings. The number of nitrogens with one attached hydrogen (secondary N) is 1. The molecule has 4 rings (SSSR count). The molecule has 0 spiro atoms. The lowest BCUT2D eigenvalue weighted by atomic mass is 9.72. The largest absolute Gasteiger partial charge is 0.460 e. The second-order valence-corrected chi connectivity index (χ2v) is 8.87. The molecule has 0 radical (unpaired) electrons. The number of dihydropyridines is 1. The maximum atomic E-state index is 13.5. The Bertz CT molecular complexity index is 1070. The third-order valence-corrected chi connectivity index (χ3v) is 6.12. The van der Waals surface area contributed by atoms with Crippen LogP contribution in [0, 0.1) is 0 Å². The number of allylic oxidation sites excluding steroid dienone is 3. The zero-order valence-electron chi connectivity index (χ0n) is 17.9. The second-order valence-electron chi connectivity index (χ2n) is 8.43. The first-order valence-electron chi connectivity index (χ1n) is 10.6. The summed E-state index contributed by atoms with van der Waals surface area (Å²) in [6.07, 6.45) is 0.887. The third-order valence-electron chi connectivity index (χ3n) is 5.86. The average molecular weight is 436 g/mol. The Morgan fingerprint density at radius 1 is 1.03 bits per heavy atom. The minimum absolute atomic E-state index is 0.0601. The van der Waals surface area contributed by atoms with Gasteiger partial charge >= 0.3 is 5.97 Å². The third kappa shape index (κ3) is 4.31. The molecule has 1 aliphatic heterocycles. The number of ketones is 1. The fourth-order valence-electron chi connectivity index (χ4n) is 4.54. The molecule has 0 saturated heterocycles. The van der Waals surface area contributed by atoms with E-state index in [1.165, 1.54) is 0 Å². The molecule has 0 unspecified atom stereocenters. The van der Waals surface area contributed by atoms with Gasteiger partial charge in [0.25, 0.3) is 0 Å². The van der Waals surface area contributed by atoms with Gasteiger partial charge in [0.2, 0.25) is 0 Å². The van der Waals surface area contributed by atoms with E-state index in [1.807, 2.05) is 51.1 Å². The first-order chi connectivity index (χ1) is 14.8. The number of hydrogen-bond acceptors (Lipinski definition) is 4. The van der Waals surface area contributed by atoms with E-state index in [1.54, 1.807) is 12.1 Å². The SMILES string of the molecule is CC1=C(C(=O)OC(C)C)[C@H](c2ccc(Cl)cc2)C2=C(C[C@@H](c3ccccc3)CC2=O)N1. The van der Waals surface area contributed by atoms with Crippen molar-refractivity contribution in [2.75, 3.05) is 0 Å². The van der Waals surface area contributed by atoms with Gasteiger partial charge in [-0.15, -0.1) is 0 Å². The normalized spacial score (nSPS) is 21.1. The molecule has 0 amide bonds. The van der Waals surface area contributed by atoms with Crippen LogP contribution in [0.3, 0.4) is 0 Å². The Balaban J connectivity index is 1.79. The van der Waals surface area contributed by atoms with Gasteiger partial charge in [-0.2, -0.15) is 0 Å². The van der Waals surface area contributed by atoms with Crippen LogP contribution in [0.1, 0.15) is 56.6 Å². The molecule has 0 aromatic heterocycles. The smallest absolute Gasteiger partial charge is 0.337 e. The standard InChI is InChI=1S/C26H26ClNO3/c1-15(2)31-26(30)23-16(3)28-21-13-19(17-7-5-4-6-8-17)14-22(29)25(21)24(23)18-9-11-20(27)12-10-18/h4-12,15,19,24,28H,13-14H2,1-3H3/t19-,24+/m1/s1. The van der Waals surface area contributed by atoms with Gasteiger partial charge in [0.1, 0.15) is 0 Å². The Morgan fingerprint density at radius 2 is 1.71 bits per heavy atom. The van der Waals surface area contributed by atoms with Crippen LogP contribution in [0.15, 0.2) is 77.1 Å². The molecule has 2 atom stereocenters. The predicted molar refractivity (Wildman–Crippen MR) is 122 cm³/mol. The zero-order valence-corrected chi connectivity index (χ0v) is 18.7. The van der Waals surface area contributed by atoms with Crippen LogP contribution in [0.2, 0.25) is 5.02 Å². The monoisotopic (exact) mass is 435 g/mol. The lowest BCUT2D eigenvalue weighted by Gasteiger charge is -2.37. The fraction of sp³-hybridized carbons (Fsp3) is 0.308. The minimum atomic E-state index is -0.469. The number of benzene rings is 2. The maximum Gasteiger partial charge on any atom is 0.337 e. The lowest BCUT2D eigenvalue weighted by Crippen LogP contribution is -2.36. The molecule has 1 heterocycles. The van der Waals surface area contributed by atoms with Crippen LogP contribution >= 0.6 is 11.6 Å². The number of rotatable bonds is 4. The van der Waals surface area contributed by atoms with Crippen molar-refractivity contribution in [3.8, 4) is 0 Å². The van der Waals surface area contributed by atoms with Crippen molar-refractivity contribution < 1.29 is 14.3 Å². The molecule has 0 bridgehead atoms. The van der Waals surface area contributed by atoms with Gasteiger partial charge in [-0.3, -0.25) is 4.79 Å². The molecule has 31 heavy (non-hydrogen) atoms. The number of carbonyl (C=O) groups is 2. The van der Waals surface area contributed by atoms with Gasteiger partial charge in [-0.25, -0.2) is 4.79 Å². The maximum absolute atomic E-state index is 13.5. The van der Waals surface area contributed by atoms with Crippen molar-refractivity contribution >= 4 is 23.4 Å². The molecule has 1 aliphatic carbocycles. The van der Waals surface area contributed by atoms with Gasteiger partial charge in [-0.05, 0) is 56.4 Å². The van der Waals surface area contributed by atoms with Gasteiger partial charge in [0.15, 0.2) is 5.78 Å². The first kappa shape index (κ1) is 21.4. The predicted octanol–water partition coefficient (Wildman–Crippen LogP) is 5.65. The fourth-order valence-corrected chi connectivity index (χ4v) is 4.66. The van der Waals surface area contributed by atoms with Gasteiger partial charge in [0.05, 0.1) is 11.7 Å². The number of carbonyl (C=O) groups excluding carboxylic acids is 2. The number of ether oxygens (including phenoxy) is 1. The Hall–Kier alpha value is -2.85. The van der Waals surface area contributed by atoms with Gasteiger partial charge < -0.3 is 10.1 Å². The van der Waals surface area contributed by atoms with Crippen molar-refractivity contribution in [2.24, 2.45) is 0 Å². The summed E-state index contributed by atoms with van der Waals surface area (Å²) in [6, 6.07) is 17.5. The van der Waals surface area contributed by atoms with Gasteiger partial charge in [0, 0.05) is 34.3 Å². The first-order valence-corrected chi connectivity index (χ1v) is 11.0. The summed E-state index contributed by atoms with van der Waals surface area (Å²) >= 11 is 6.11. The summed E-state index contributed by atoms with van der Waals surface area (Å²) in [7, 11) is 0. The summed E-state index contributed by atoms with van der Waals surface area (Å²) in [6.45, 7) is 5.52. The molecule has 1 N–H and O–H groups in total. The van der Waals surface area contributed by atoms with Crippen LogP contribution in [0.4, 0.5) is 0 Å². The van der Waals surface area contributed by atoms with Crippen molar-refractivity contribution in [3.05, 3.63) is 93.3 Å². The highest BCUT2D eigenvalue weighted by Gasteiger charge is 2.41. The van der Waals surface area contributed by atoms with E-state index in [0.29, 0.717) is 22.6 Å². The summed E-state index contributed by atoms with van der Waals surface area (Å²) in [5.74, 6) is -0.693. The van der Waals surface area contributed by atoms with Gasteiger partial charge in [-0.1, -0.05) is 54.1 Å². The van der Waals surface area contributed by atoms with E-state index in [4.69, 9.17) is 16.3 Å². The van der Waals surface area contributed by atoms with Crippen LogP contribution in [0.25, 0.3) is 0 Å². The molecule has 160 valence electrons.